The molecular formula is C12H19NO. The van der Waals surface area contributed by atoms with E-state index < -0.39 is 0 Å². The SMILES string of the molecule is CNCCCCOc1ccc(C)cc1. The van der Waals surface area contributed by atoms with Crippen molar-refractivity contribution in [1.82, 2.24) is 5.32 Å². The van der Waals surface area contributed by atoms with Crippen LogP contribution in [0.3, 0.4) is 0 Å². The summed E-state index contributed by atoms with van der Waals surface area (Å²) in [5, 5.41) is 3.12. The van der Waals surface area contributed by atoms with Gasteiger partial charge in [0, 0.05) is 0 Å². The molecule has 1 rings (SSSR count). The van der Waals surface area contributed by atoms with Gasteiger partial charge >= 0.3 is 0 Å². The molecule has 0 saturated heterocycles. The number of benzene rings is 1. The molecule has 0 bridgehead atoms. The Morgan fingerprint density at radius 3 is 2.50 bits per heavy atom. The Labute approximate surface area is 86.3 Å². The fraction of sp³-hybridized carbons (Fsp3) is 0.500. The van der Waals surface area contributed by atoms with Crippen LogP contribution in [0.15, 0.2) is 24.3 Å². The number of unbranched alkanes of at least 4 members (excludes halogenated alkanes) is 1. The average Bonchev–Trinajstić information content (AvgIpc) is 2.21. The zero-order valence-corrected chi connectivity index (χ0v) is 9.05. The van der Waals surface area contributed by atoms with E-state index in [1.807, 2.05) is 19.2 Å². The quantitative estimate of drug-likeness (QED) is 0.700. The van der Waals surface area contributed by atoms with Crippen LogP contribution < -0.4 is 10.1 Å². The largest absolute Gasteiger partial charge is 0.494 e. The van der Waals surface area contributed by atoms with Gasteiger partial charge in [0.25, 0.3) is 0 Å². The van der Waals surface area contributed by atoms with Crippen molar-refractivity contribution in [3.05, 3.63) is 29.8 Å². The average molecular weight is 193 g/mol. The Morgan fingerprint density at radius 1 is 1.14 bits per heavy atom. The predicted molar refractivity (Wildman–Crippen MR) is 59.8 cm³/mol. The van der Waals surface area contributed by atoms with E-state index in [9.17, 15) is 0 Å². The fourth-order valence-electron chi connectivity index (χ4n) is 1.23. The molecule has 0 atom stereocenters. The van der Waals surface area contributed by atoms with Crippen molar-refractivity contribution in [3.63, 3.8) is 0 Å². The second-order valence-electron chi connectivity index (χ2n) is 3.47. The first-order valence-corrected chi connectivity index (χ1v) is 5.17. The zero-order chi connectivity index (χ0) is 10.2. The van der Waals surface area contributed by atoms with Crippen molar-refractivity contribution in [2.24, 2.45) is 0 Å². The van der Waals surface area contributed by atoms with E-state index >= 15 is 0 Å². The van der Waals surface area contributed by atoms with E-state index in [0.717, 1.165) is 25.3 Å². The summed E-state index contributed by atoms with van der Waals surface area (Å²) in [6, 6.07) is 8.19. The summed E-state index contributed by atoms with van der Waals surface area (Å²) in [6.45, 7) is 3.96. The van der Waals surface area contributed by atoms with E-state index in [0.29, 0.717) is 0 Å². The molecule has 0 unspecified atom stereocenters. The number of rotatable bonds is 6. The number of hydrogen-bond acceptors (Lipinski definition) is 2. The van der Waals surface area contributed by atoms with Gasteiger partial charge in [-0.05, 0) is 45.5 Å². The predicted octanol–water partition coefficient (Wildman–Crippen LogP) is 2.37. The van der Waals surface area contributed by atoms with E-state index in [1.165, 1.54) is 12.0 Å². The first kappa shape index (κ1) is 11.1. The van der Waals surface area contributed by atoms with E-state index in [2.05, 4.69) is 24.4 Å². The van der Waals surface area contributed by atoms with Crippen molar-refractivity contribution in [2.45, 2.75) is 19.8 Å². The van der Waals surface area contributed by atoms with Gasteiger partial charge in [0.2, 0.25) is 0 Å². The van der Waals surface area contributed by atoms with E-state index in [-0.39, 0.29) is 0 Å². The molecule has 0 fully saturated rings. The van der Waals surface area contributed by atoms with Gasteiger partial charge in [-0.25, -0.2) is 0 Å². The molecule has 0 radical (unpaired) electrons. The Kier molecular flexibility index (Phi) is 5.08. The lowest BCUT2D eigenvalue weighted by molar-refractivity contribution is 0.306. The second kappa shape index (κ2) is 6.44. The Hall–Kier alpha value is -1.02. The molecule has 0 aliphatic heterocycles. The molecule has 2 heteroatoms. The molecule has 1 aromatic carbocycles. The molecule has 0 saturated carbocycles. The molecule has 0 aromatic heterocycles. The van der Waals surface area contributed by atoms with Gasteiger partial charge in [-0.15, -0.1) is 0 Å². The van der Waals surface area contributed by atoms with Gasteiger partial charge in [-0.3, -0.25) is 0 Å². The molecule has 0 aliphatic carbocycles. The Balaban J connectivity index is 2.15. The summed E-state index contributed by atoms with van der Waals surface area (Å²) in [7, 11) is 1.97. The lowest BCUT2D eigenvalue weighted by atomic mass is 10.2. The van der Waals surface area contributed by atoms with Crippen LogP contribution in [0.5, 0.6) is 5.75 Å². The van der Waals surface area contributed by atoms with Crippen molar-refractivity contribution in [3.8, 4) is 5.75 Å². The highest BCUT2D eigenvalue weighted by Gasteiger charge is 1.92. The summed E-state index contributed by atoms with van der Waals surface area (Å²) < 4.78 is 5.58. The molecule has 1 aromatic rings. The molecule has 0 spiro atoms. The van der Waals surface area contributed by atoms with Gasteiger partial charge < -0.3 is 10.1 Å². The fourth-order valence-corrected chi connectivity index (χ4v) is 1.23. The maximum absolute atomic E-state index is 5.58. The summed E-state index contributed by atoms with van der Waals surface area (Å²) in [6.07, 6.45) is 2.27. The Morgan fingerprint density at radius 2 is 1.86 bits per heavy atom. The van der Waals surface area contributed by atoms with Crippen LogP contribution in [-0.4, -0.2) is 20.2 Å². The van der Waals surface area contributed by atoms with Gasteiger partial charge in [-0.2, -0.15) is 0 Å². The van der Waals surface area contributed by atoms with Gasteiger partial charge in [-0.1, -0.05) is 17.7 Å². The van der Waals surface area contributed by atoms with E-state index in [4.69, 9.17) is 4.74 Å². The first-order chi connectivity index (χ1) is 6.83. The van der Waals surface area contributed by atoms with Crippen molar-refractivity contribution in [2.75, 3.05) is 20.2 Å². The van der Waals surface area contributed by atoms with Crippen LogP contribution in [0.4, 0.5) is 0 Å². The summed E-state index contributed by atoms with van der Waals surface area (Å²) in [4.78, 5) is 0. The third-order valence-corrected chi connectivity index (χ3v) is 2.11. The van der Waals surface area contributed by atoms with Gasteiger partial charge in [0.1, 0.15) is 5.75 Å². The maximum Gasteiger partial charge on any atom is 0.119 e. The van der Waals surface area contributed by atoms with Crippen LogP contribution in [-0.2, 0) is 0 Å². The molecule has 0 heterocycles. The number of nitrogens with one attached hydrogen (secondary N) is 1. The molecule has 0 aliphatic rings. The van der Waals surface area contributed by atoms with Crippen molar-refractivity contribution in [1.29, 1.82) is 0 Å². The van der Waals surface area contributed by atoms with E-state index in [1.54, 1.807) is 0 Å². The topological polar surface area (TPSA) is 21.3 Å². The van der Waals surface area contributed by atoms with Gasteiger partial charge in [0.15, 0.2) is 0 Å². The maximum atomic E-state index is 5.58. The monoisotopic (exact) mass is 193 g/mol. The van der Waals surface area contributed by atoms with Gasteiger partial charge in [0.05, 0.1) is 6.61 Å². The molecule has 14 heavy (non-hydrogen) atoms. The molecule has 2 nitrogen and oxygen atoms in total. The smallest absolute Gasteiger partial charge is 0.119 e. The van der Waals surface area contributed by atoms with Crippen LogP contribution in [0, 0.1) is 6.92 Å². The second-order valence-corrected chi connectivity index (χ2v) is 3.47. The zero-order valence-electron chi connectivity index (χ0n) is 9.05. The first-order valence-electron chi connectivity index (χ1n) is 5.17. The van der Waals surface area contributed by atoms with Crippen molar-refractivity contribution < 1.29 is 4.74 Å². The lowest BCUT2D eigenvalue weighted by Crippen LogP contribution is -2.09. The molecule has 1 N–H and O–H groups in total. The summed E-state index contributed by atoms with van der Waals surface area (Å²) in [5.41, 5.74) is 1.27. The minimum absolute atomic E-state index is 0.810. The summed E-state index contributed by atoms with van der Waals surface area (Å²) in [5.74, 6) is 0.972. The third-order valence-electron chi connectivity index (χ3n) is 2.11. The van der Waals surface area contributed by atoms with Crippen LogP contribution in [0.25, 0.3) is 0 Å². The molecular weight excluding hydrogens is 174 g/mol. The highest BCUT2D eigenvalue weighted by Crippen LogP contribution is 2.11. The number of aryl methyl sites for hydroxylation is 1. The van der Waals surface area contributed by atoms with Crippen LogP contribution in [0.1, 0.15) is 18.4 Å². The standard InChI is InChI=1S/C12H19NO/c1-11-5-7-12(8-6-11)14-10-4-3-9-13-2/h5-8,13H,3-4,9-10H2,1-2H3. The molecule has 0 amide bonds. The third kappa shape index (κ3) is 4.28. The number of hydrogen-bond donors (Lipinski definition) is 1. The minimum Gasteiger partial charge on any atom is -0.494 e. The highest BCUT2D eigenvalue weighted by molar-refractivity contribution is 5.26. The summed E-state index contributed by atoms with van der Waals surface area (Å²) >= 11 is 0. The highest BCUT2D eigenvalue weighted by atomic mass is 16.5. The minimum atomic E-state index is 0.810. The lowest BCUT2D eigenvalue weighted by Gasteiger charge is -2.05. The number of ether oxygens (including phenoxy) is 1. The van der Waals surface area contributed by atoms with Crippen molar-refractivity contribution >= 4 is 0 Å². The van der Waals surface area contributed by atoms with Crippen LogP contribution in [0.2, 0.25) is 0 Å². The van der Waals surface area contributed by atoms with Crippen LogP contribution >= 0.6 is 0 Å². The normalized spacial score (nSPS) is 10.1. The molecule has 78 valence electrons. The Bertz CT molecular complexity index is 243.